The molecule has 1 aliphatic heterocycles. The topological polar surface area (TPSA) is 37.4 Å². The van der Waals surface area contributed by atoms with Gasteiger partial charge in [0.05, 0.1) is 6.54 Å². The van der Waals surface area contributed by atoms with E-state index in [0.29, 0.717) is 17.9 Å². The van der Waals surface area contributed by atoms with Crippen LogP contribution in [0.25, 0.3) is 0 Å². The molecule has 0 spiro atoms. The minimum Gasteiger partial charge on any atom is -0.335 e. The van der Waals surface area contributed by atoms with Gasteiger partial charge in [0.2, 0.25) is 5.91 Å². The van der Waals surface area contributed by atoms with Gasteiger partial charge in [0.15, 0.2) is 5.78 Å². The van der Waals surface area contributed by atoms with Crippen molar-refractivity contribution in [1.82, 2.24) is 4.90 Å². The fourth-order valence-corrected chi connectivity index (χ4v) is 2.77. The van der Waals surface area contributed by atoms with Crippen LogP contribution in [0.4, 0.5) is 0 Å². The lowest BCUT2D eigenvalue weighted by atomic mass is 10.0. The van der Waals surface area contributed by atoms with Crippen LogP contribution >= 0.6 is 15.9 Å². The van der Waals surface area contributed by atoms with E-state index in [1.165, 1.54) is 0 Å². The van der Waals surface area contributed by atoms with Gasteiger partial charge in [-0.1, -0.05) is 41.4 Å². The predicted octanol–water partition coefficient (Wildman–Crippen LogP) is 3.28. The summed E-state index contributed by atoms with van der Waals surface area (Å²) in [4.78, 5) is 25.7. The van der Waals surface area contributed by atoms with Gasteiger partial charge >= 0.3 is 0 Å². The third-order valence-corrected chi connectivity index (χ3v) is 4.02. The molecule has 1 heterocycles. The molecule has 0 bridgehead atoms. The van der Waals surface area contributed by atoms with Crippen LogP contribution in [0.3, 0.4) is 0 Å². The first-order valence-electron chi connectivity index (χ1n) is 6.66. The second kappa shape index (κ2) is 6.33. The summed E-state index contributed by atoms with van der Waals surface area (Å²) in [5.41, 5.74) is 0.662. The molecule has 1 amide bonds. The number of hydrogen-bond donors (Lipinski definition) is 0. The van der Waals surface area contributed by atoms with Crippen molar-refractivity contribution in [2.24, 2.45) is 5.92 Å². The first kappa shape index (κ1) is 14.3. The number of carbonyl (C=O) groups is 2. The van der Waals surface area contributed by atoms with Gasteiger partial charge in [-0.3, -0.25) is 9.59 Å². The van der Waals surface area contributed by atoms with Crippen LogP contribution in [-0.4, -0.2) is 29.7 Å². The number of halogens is 1. The Balaban J connectivity index is 1.96. The number of likely N-dealkylation sites (tertiary alicyclic amines) is 1. The summed E-state index contributed by atoms with van der Waals surface area (Å²) < 4.78 is 0.948. The zero-order chi connectivity index (χ0) is 13.8. The molecule has 2 rings (SSSR count). The third-order valence-electron chi connectivity index (χ3n) is 3.49. The summed E-state index contributed by atoms with van der Waals surface area (Å²) in [6.07, 6.45) is 2.75. The highest BCUT2D eigenvalue weighted by Gasteiger charge is 2.30. The van der Waals surface area contributed by atoms with E-state index in [0.717, 1.165) is 23.9 Å². The van der Waals surface area contributed by atoms with Crippen molar-refractivity contribution in [3.8, 4) is 0 Å². The maximum Gasteiger partial charge on any atom is 0.223 e. The molecule has 0 radical (unpaired) electrons. The Kier molecular flexibility index (Phi) is 4.75. The third kappa shape index (κ3) is 3.66. The Morgan fingerprint density at radius 3 is 2.68 bits per heavy atom. The van der Waals surface area contributed by atoms with Crippen molar-refractivity contribution in [3.05, 3.63) is 34.3 Å². The number of benzene rings is 1. The molecule has 4 heteroatoms. The first-order chi connectivity index (χ1) is 9.10. The van der Waals surface area contributed by atoms with Gasteiger partial charge in [0.1, 0.15) is 0 Å². The van der Waals surface area contributed by atoms with Gasteiger partial charge in [-0.2, -0.15) is 0 Å². The summed E-state index contributed by atoms with van der Waals surface area (Å²) in [5, 5.41) is 0. The smallest absolute Gasteiger partial charge is 0.223 e. The van der Waals surface area contributed by atoms with Crippen molar-refractivity contribution < 1.29 is 9.59 Å². The van der Waals surface area contributed by atoms with E-state index in [1.807, 2.05) is 12.1 Å². The molecule has 0 N–H and O–H groups in total. The highest BCUT2D eigenvalue weighted by Crippen LogP contribution is 2.22. The molecule has 1 aromatic rings. The van der Waals surface area contributed by atoms with Crippen molar-refractivity contribution in [3.63, 3.8) is 0 Å². The van der Waals surface area contributed by atoms with Crippen molar-refractivity contribution in [2.45, 2.75) is 26.2 Å². The van der Waals surface area contributed by atoms with Gasteiger partial charge in [0, 0.05) is 23.0 Å². The fourth-order valence-electron chi connectivity index (χ4n) is 2.51. The van der Waals surface area contributed by atoms with Crippen LogP contribution in [0.15, 0.2) is 28.7 Å². The second-order valence-corrected chi connectivity index (χ2v) is 5.98. The van der Waals surface area contributed by atoms with E-state index in [2.05, 4.69) is 22.9 Å². The molecule has 1 aromatic carbocycles. The molecular formula is C15H18BrNO2. The number of Topliss-reactive ketones (excluding diaryl/α,β-unsaturated/α-hetero) is 1. The molecule has 3 nitrogen and oxygen atoms in total. The predicted molar refractivity (Wildman–Crippen MR) is 78.1 cm³/mol. The fraction of sp³-hybridized carbons (Fsp3) is 0.467. The molecule has 1 fully saturated rings. The molecular weight excluding hydrogens is 306 g/mol. The molecule has 1 aliphatic rings. The lowest BCUT2D eigenvalue weighted by Gasteiger charge is -2.15. The van der Waals surface area contributed by atoms with Gasteiger partial charge in [-0.05, 0) is 24.5 Å². The average molecular weight is 324 g/mol. The summed E-state index contributed by atoms with van der Waals surface area (Å²) in [7, 11) is 0. The highest BCUT2D eigenvalue weighted by molar-refractivity contribution is 9.10. The molecule has 19 heavy (non-hydrogen) atoms. The van der Waals surface area contributed by atoms with E-state index in [1.54, 1.807) is 17.0 Å². The van der Waals surface area contributed by atoms with Gasteiger partial charge < -0.3 is 4.90 Å². The molecule has 1 unspecified atom stereocenters. The van der Waals surface area contributed by atoms with Gasteiger partial charge in [-0.15, -0.1) is 0 Å². The van der Waals surface area contributed by atoms with E-state index in [4.69, 9.17) is 0 Å². The minimum atomic E-state index is 0.0120. The Bertz CT molecular complexity index is 470. The number of hydrogen-bond acceptors (Lipinski definition) is 2. The lowest BCUT2D eigenvalue weighted by molar-refractivity contribution is -0.127. The Hall–Kier alpha value is -1.16. The zero-order valence-electron chi connectivity index (χ0n) is 11.1. The molecule has 0 aromatic heterocycles. The highest BCUT2D eigenvalue weighted by atomic mass is 79.9. The SMILES string of the molecule is CCCC1CC(=O)N(CC(=O)c2ccc(Br)cc2)C1. The summed E-state index contributed by atoms with van der Waals surface area (Å²) in [6, 6.07) is 7.27. The van der Waals surface area contributed by atoms with Gasteiger partial charge in [-0.25, -0.2) is 0 Å². The summed E-state index contributed by atoms with van der Waals surface area (Å²) >= 11 is 3.34. The number of ketones is 1. The Morgan fingerprint density at radius 1 is 1.37 bits per heavy atom. The van der Waals surface area contributed by atoms with Crippen LogP contribution < -0.4 is 0 Å². The number of amides is 1. The van der Waals surface area contributed by atoms with E-state index < -0.39 is 0 Å². The molecule has 0 saturated carbocycles. The number of rotatable bonds is 5. The molecule has 0 aliphatic carbocycles. The maximum absolute atomic E-state index is 12.1. The van der Waals surface area contributed by atoms with Crippen LogP contribution in [0.2, 0.25) is 0 Å². The number of carbonyl (C=O) groups excluding carboxylic acids is 2. The van der Waals surface area contributed by atoms with Crippen molar-refractivity contribution in [1.29, 1.82) is 0 Å². The van der Waals surface area contributed by atoms with Crippen LogP contribution in [0, 0.1) is 5.92 Å². The quantitative estimate of drug-likeness (QED) is 0.780. The van der Waals surface area contributed by atoms with Crippen molar-refractivity contribution in [2.75, 3.05) is 13.1 Å². The largest absolute Gasteiger partial charge is 0.335 e. The van der Waals surface area contributed by atoms with Crippen LogP contribution in [-0.2, 0) is 4.79 Å². The standard InChI is InChI=1S/C15H18BrNO2/c1-2-3-11-8-15(19)17(9-11)10-14(18)12-4-6-13(16)7-5-12/h4-7,11H,2-3,8-10H2,1H3. The van der Waals surface area contributed by atoms with Crippen molar-refractivity contribution >= 4 is 27.6 Å². The lowest BCUT2D eigenvalue weighted by Crippen LogP contribution is -2.31. The monoisotopic (exact) mass is 323 g/mol. The molecule has 102 valence electrons. The summed E-state index contributed by atoms with van der Waals surface area (Å²) in [6.45, 7) is 3.07. The minimum absolute atomic E-state index is 0.0120. The number of nitrogens with zero attached hydrogens (tertiary/aromatic N) is 1. The second-order valence-electron chi connectivity index (χ2n) is 5.06. The van der Waals surface area contributed by atoms with Gasteiger partial charge in [0.25, 0.3) is 0 Å². The van der Waals surface area contributed by atoms with E-state index >= 15 is 0 Å². The molecule has 1 saturated heterocycles. The normalized spacial score (nSPS) is 18.9. The first-order valence-corrected chi connectivity index (χ1v) is 7.46. The average Bonchev–Trinajstić information content (AvgIpc) is 2.71. The Morgan fingerprint density at radius 2 is 2.05 bits per heavy atom. The van der Waals surface area contributed by atoms with E-state index in [-0.39, 0.29) is 18.2 Å². The maximum atomic E-state index is 12.1. The zero-order valence-corrected chi connectivity index (χ0v) is 12.6. The summed E-state index contributed by atoms with van der Waals surface area (Å²) in [5.74, 6) is 0.553. The molecule has 1 atom stereocenters. The van der Waals surface area contributed by atoms with E-state index in [9.17, 15) is 9.59 Å². The van der Waals surface area contributed by atoms with Crippen LogP contribution in [0.1, 0.15) is 36.5 Å². The van der Waals surface area contributed by atoms with Crippen LogP contribution in [0.5, 0.6) is 0 Å². The Labute approximate surface area is 122 Å².